The van der Waals surface area contributed by atoms with Crippen LogP contribution in [0.25, 0.3) is 0 Å². The molecule has 0 aromatic carbocycles. The number of ether oxygens (including phenoxy) is 1. The lowest BCUT2D eigenvalue weighted by Gasteiger charge is -2.35. The fourth-order valence-corrected chi connectivity index (χ4v) is 2.75. The fourth-order valence-electron chi connectivity index (χ4n) is 2.75. The topological polar surface area (TPSA) is 63.5 Å². The van der Waals surface area contributed by atoms with Crippen LogP contribution < -0.4 is 0 Å². The van der Waals surface area contributed by atoms with Gasteiger partial charge in [0.1, 0.15) is 18.3 Å². The van der Waals surface area contributed by atoms with Crippen LogP contribution in [-0.4, -0.2) is 69.4 Å². The van der Waals surface area contributed by atoms with Gasteiger partial charge in [-0.3, -0.25) is 9.69 Å². The number of carbonyl (C=O) groups is 1. The van der Waals surface area contributed by atoms with E-state index in [2.05, 4.69) is 15.1 Å². The monoisotopic (exact) mass is 279 g/mol. The van der Waals surface area contributed by atoms with E-state index in [1.165, 1.54) is 0 Å². The molecule has 1 aromatic rings. The molecule has 2 fully saturated rings. The summed E-state index contributed by atoms with van der Waals surface area (Å²) in [7, 11) is 1.95. The van der Waals surface area contributed by atoms with Crippen LogP contribution in [0.15, 0.2) is 6.33 Å². The molecule has 1 atom stereocenters. The van der Waals surface area contributed by atoms with Crippen molar-refractivity contribution in [2.45, 2.75) is 25.5 Å². The summed E-state index contributed by atoms with van der Waals surface area (Å²) in [6.45, 7) is 4.82. The average molecular weight is 279 g/mol. The molecule has 0 saturated carbocycles. The van der Waals surface area contributed by atoms with Gasteiger partial charge in [0.25, 0.3) is 5.91 Å². The molecule has 2 aliphatic rings. The summed E-state index contributed by atoms with van der Waals surface area (Å²) in [5.74, 6) is 1.13. The van der Waals surface area contributed by atoms with Crippen molar-refractivity contribution < 1.29 is 9.53 Å². The molecule has 110 valence electrons. The molecule has 1 amide bonds. The molecule has 0 radical (unpaired) electrons. The maximum Gasteiger partial charge on any atom is 0.251 e. The van der Waals surface area contributed by atoms with Gasteiger partial charge in [-0.15, -0.1) is 10.2 Å². The van der Waals surface area contributed by atoms with Crippen molar-refractivity contribution in [3.05, 3.63) is 12.2 Å². The first-order valence-corrected chi connectivity index (χ1v) is 7.19. The summed E-state index contributed by atoms with van der Waals surface area (Å²) in [6.07, 6.45) is 3.40. The number of carbonyl (C=O) groups excluding carboxylic acids is 1. The minimum Gasteiger partial charge on any atom is -0.368 e. The highest BCUT2D eigenvalue weighted by Crippen LogP contribution is 2.16. The Morgan fingerprint density at radius 1 is 1.40 bits per heavy atom. The third-order valence-corrected chi connectivity index (χ3v) is 4.06. The van der Waals surface area contributed by atoms with Gasteiger partial charge in [-0.2, -0.15) is 0 Å². The maximum absolute atomic E-state index is 12.2. The molecule has 3 heterocycles. The molecule has 7 heteroatoms. The molecule has 1 aromatic heterocycles. The van der Waals surface area contributed by atoms with Gasteiger partial charge in [0.15, 0.2) is 0 Å². The van der Waals surface area contributed by atoms with E-state index in [4.69, 9.17) is 4.74 Å². The number of aryl methyl sites for hydroxylation is 1. The van der Waals surface area contributed by atoms with Gasteiger partial charge < -0.3 is 14.2 Å². The normalized spacial score (nSPS) is 24.2. The standard InChI is InChI=1S/C13H21N5O2/c1-16-10-14-15-12(16)9-17-4-6-18(7-5-17)13(19)11-3-2-8-20-11/h10-11H,2-9H2,1H3/t11-/m0/s1. The fraction of sp³-hybridized carbons (Fsp3) is 0.769. The minimum atomic E-state index is -0.194. The van der Waals surface area contributed by atoms with E-state index >= 15 is 0 Å². The lowest BCUT2D eigenvalue weighted by Crippen LogP contribution is -2.51. The summed E-state index contributed by atoms with van der Waals surface area (Å²) in [5.41, 5.74) is 0. The summed E-state index contributed by atoms with van der Waals surface area (Å²) >= 11 is 0. The second-order valence-electron chi connectivity index (χ2n) is 5.46. The maximum atomic E-state index is 12.2. The van der Waals surface area contributed by atoms with Crippen LogP contribution in [0.1, 0.15) is 18.7 Å². The largest absolute Gasteiger partial charge is 0.368 e. The first kappa shape index (κ1) is 13.5. The Bertz CT molecular complexity index is 461. The Balaban J connectivity index is 1.49. The molecule has 3 rings (SSSR count). The second kappa shape index (κ2) is 5.88. The second-order valence-corrected chi connectivity index (χ2v) is 5.46. The van der Waals surface area contributed by atoms with Crippen LogP contribution >= 0.6 is 0 Å². The third-order valence-electron chi connectivity index (χ3n) is 4.06. The van der Waals surface area contributed by atoms with Crippen LogP contribution in [0.5, 0.6) is 0 Å². The Morgan fingerprint density at radius 2 is 2.20 bits per heavy atom. The zero-order valence-corrected chi connectivity index (χ0v) is 11.9. The first-order valence-electron chi connectivity index (χ1n) is 7.19. The number of hydrogen-bond acceptors (Lipinski definition) is 5. The Hall–Kier alpha value is -1.47. The van der Waals surface area contributed by atoms with Crippen LogP contribution in [0, 0.1) is 0 Å². The average Bonchev–Trinajstić information content (AvgIpc) is 3.12. The zero-order valence-electron chi connectivity index (χ0n) is 11.9. The van der Waals surface area contributed by atoms with Crippen LogP contribution in [-0.2, 0) is 23.1 Å². The molecule has 2 aliphatic heterocycles. The predicted molar refractivity (Wildman–Crippen MR) is 71.8 cm³/mol. The van der Waals surface area contributed by atoms with Gasteiger partial charge in [-0.1, -0.05) is 0 Å². The number of nitrogens with zero attached hydrogens (tertiary/aromatic N) is 5. The Morgan fingerprint density at radius 3 is 2.80 bits per heavy atom. The van der Waals surface area contributed by atoms with E-state index in [9.17, 15) is 4.79 Å². The first-order chi connectivity index (χ1) is 9.74. The highest BCUT2D eigenvalue weighted by Gasteiger charge is 2.30. The number of aromatic nitrogens is 3. The van der Waals surface area contributed by atoms with Gasteiger partial charge in [0.05, 0.1) is 6.54 Å². The van der Waals surface area contributed by atoms with Gasteiger partial charge >= 0.3 is 0 Å². The quantitative estimate of drug-likeness (QED) is 0.756. The van der Waals surface area contributed by atoms with Gasteiger partial charge in [-0.05, 0) is 12.8 Å². The summed E-state index contributed by atoms with van der Waals surface area (Å²) < 4.78 is 7.40. The number of hydrogen-bond donors (Lipinski definition) is 0. The van der Waals surface area contributed by atoms with Crippen molar-refractivity contribution in [3.63, 3.8) is 0 Å². The van der Waals surface area contributed by atoms with Crippen molar-refractivity contribution in [3.8, 4) is 0 Å². The number of rotatable bonds is 3. The Labute approximate surface area is 118 Å². The van der Waals surface area contributed by atoms with E-state index in [-0.39, 0.29) is 12.0 Å². The lowest BCUT2D eigenvalue weighted by atomic mass is 10.2. The number of piperazine rings is 1. The predicted octanol–water partition coefficient (Wildman–Crippen LogP) is -0.362. The number of amides is 1. The SMILES string of the molecule is Cn1cnnc1CN1CCN(C(=O)[C@@H]2CCCO2)CC1. The van der Waals surface area contributed by atoms with Crippen LogP contribution in [0.2, 0.25) is 0 Å². The molecule has 0 spiro atoms. The molecule has 0 unspecified atom stereocenters. The van der Waals surface area contributed by atoms with Crippen molar-refractivity contribution in [1.29, 1.82) is 0 Å². The van der Waals surface area contributed by atoms with Crippen LogP contribution in [0.3, 0.4) is 0 Å². The van der Waals surface area contributed by atoms with Crippen LogP contribution in [0.4, 0.5) is 0 Å². The molecular formula is C13H21N5O2. The van der Waals surface area contributed by atoms with Crippen molar-refractivity contribution >= 4 is 5.91 Å². The van der Waals surface area contributed by atoms with Crippen molar-refractivity contribution in [1.82, 2.24) is 24.6 Å². The highest BCUT2D eigenvalue weighted by atomic mass is 16.5. The van der Waals surface area contributed by atoms with Gasteiger partial charge in [0.2, 0.25) is 0 Å². The molecule has 0 bridgehead atoms. The lowest BCUT2D eigenvalue weighted by molar-refractivity contribution is -0.142. The van der Waals surface area contributed by atoms with Crippen molar-refractivity contribution in [2.24, 2.45) is 7.05 Å². The van der Waals surface area contributed by atoms with E-state index in [0.29, 0.717) is 0 Å². The van der Waals surface area contributed by atoms with E-state index < -0.39 is 0 Å². The molecule has 7 nitrogen and oxygen atoms in total. The van der Waals surface area contributed by atoms with E-state index in [1.54, 1.807) is 6.33 Å². The van der Waals surface area contributed by atoms with Crippen molar-refractivity contribution in [2.75, 3.05) is 32.8 Å². The zero-order chi connectivity index (χ0) is 13.9. The van der Waals surface area contributed by atoms with Gasteiger partial charge in [-0.25, -0.2) is 0 Å². The summed E-state index contributed by atoms with van der Waals surface area (Å²) in [6, 6.07) is 0. The minimum absolute atomic E-state index is 0.167. The molecular weight excluding hydrogens is 258 g/mol. The molecule has 20 heavy (non-hydrogen) atoms. The Kier molecular flexibility index (Phi) is 3.98. The van der Waals surface area contributed by atoms with E-state index in [0.717, 1.165) is 58.0 Å². The molecule has 0 N–H and O–H groups in total. The van der Waals surface area contributed by atoms with Gasteiger partial charge in [0, 0.05) is 39.8 Å². The molecule has 0 aliphatic carbocycles. The summed E-state index contributed by atoms with van der Waals surface area (Å²) in [4.78, 5) is 16.5. The molecule has 2 saturated heterocycles. The summed E-state index contributed by atoms with van der Waals surface area (Å²) in [5, 5.41) is 7.99. The smallest absolute Gasteiger partial charge is 0.251 e. The third kappa shape index (κ3) is 2.83. The highest BCUT2D eigenvalue weighted by molar-refractivity contribution is 5.81. The van der Waals surface area contributed by atoms with E-state index in [1.807, 2.05) is 16.5 Å².